The number of hydrogen-bond donors (Lipinski definition) is 1. The lowest BCUT2D eigenvalue weighted by Gasteiger charge is -2.33. The monoisotopic (exact) mass is 349 g/mol. The van der Waals surface area contributed by atoms with Gasteiger partial charge in [0.25, 0.3) is 5.91 Å². The third-order valence-corrected chi connectivity index (χ3v) is 4.54. The molecule has 1 aliphatic rings. The largest absolute Gasteiger partial charge is 0.508 e. The van der Waals surface area contributed by atoms with Crippen LogP contribution in [0.15, 0.2) is 71.3 Å². The minimum absolute atomic E-state index is 0.151. The van der Waals surface area contributed by atoms with E-state index >= 15 is 0 Å². The zero-order valence-electron chi connectivity index (χ0n) is 14.2. The number of carbonyl (C=O) groups excluding carboxylic acids is 1. The van der Waals surface area contributed by atoms with Crippen LogP contribution in [0.25, 0.3) is 11.1 Å². The molecule has 0 saturated carbocycles. The molecule has 1 aromatic heterocycles. The summed E-state index contributed by atoms with van der Waals surface area (Å²) < 4.78 is 11.3. The number of ether oxygens (including phenoxy) is 1. The number of furan rings is 1. The van der Waals surface area contributed by atoms with Crippen molar-refractivity contribution in [2.75, 3.05) is 19.7 Å². The summed E-state index contributed by atoms with van der Waals surface area (Å²) in [4.78, 5) is 14.8. The first-order valence-corrected chi connectivity index (χ1v) is 8.55. The van der Waals surface area contributed by atoms with Gasteiger partial charge in [-0.2, -0.15) is 0 Å². The second-order valence-corrected chi connectivity index (χ2v) is 6.24. The molecule has 1 N–H and O–H groups in total. The number of morpholine rings is 1. The number of aromatic hydroxyl groups is 1. The van der Waals surface area contributed by atoms with Crippen LogP contribution >= 0.6 is 0 Å². The van der Waals surface area contributed by atoms with E-state index in [0.717, 1.165) is 16.7 Å². The zero-order valence-corrected chi connectivity index (χ0v) is 14.2. The number of amides is 1. The second-order valence-electron chi connectivity index (χ2n) is 6.24. The molecule has 4 rings (SSSR count). The molecule has 0 aliphatic carbocycles. The Morgan fingerprint density at radius 1 is 1.08 bits per heavy atom. The molecule has 0 radical (unpaired) electrons. The van der Waals surface area contributed by atoms with Gasteiger partial charge in [0.15, 0.2) is 5.76 Å². The van der Waals surface area contributed by atoms with Crippen LogP contribution < -0.4 is 0 Å². The Morgan fingerprint density at radius 3 is 2.73 bits per heavy atom. The summed E-state index contributed by atoms with van der Waals surface area (Å²) in [5.41, 5.74) is 2.59. The van der Waals surface area contributed by atoms with Crippen LogP contribution in [-0.2, 0) is 4.74 Å². The Balaban J connectivity index is 1.57. The molecule has 1 atom stereocenters. The summed E-state index contributed by atoms with van der Waals surface area (Å²) in [6, 6.07) is 18.5. The van der Waals surface area contributed by atoms with Gasteiger partial charge in [-0.15, -0.1) is 0 Å². The normalized spacial score (nSPS) is 17.2. The van der Waals surface area contributed by atoms with Gasteiger partial charge in [-0.05, 0) is 29.3 Å². The van der Waals surface area contributed by atoms with Gasteiger partial charge in [-0.3, -0.25) is 4.79 Å². The molecule has 0 bridgehead atoms. The summed E-state index contributed by atoms with van der Waals surface area (Å²) in [6.45, 7) is 1.35. The van der Waals surface area contributed by atoms with E-state index in [-0.39, 0.29) is 17.8 Å². The van der Waals surface area contributed by atoms with Gasteiger partial charge in [0, 0.05) is 12.1 Å². The molecule has 26 heavy (non-hydrogen) atoms. The molecule has 1 aliphatic heterocycles. The lowest BCUT2D eigenvalue weighted by molar-refractivity contribution is -0.0238. The van der Waals surface area contributed by atoms with Gasteiger partial charge < -0.3 is 19.2 Å². The fraction of sp³-hybridized carbons (Fsp3) is 0.190. The average Bonchev–Trinajstić information content (AvgIpc) is 3.18. The standard InChI is InChI=1S/C21H19NO4/c23-17-8-4-7-16(13-17)19-14-22(10-12-25-19)21(24)20-18(9-11-26-20)15-5-2-1-3-6-15/h1-9,11,13,19,23H,10,12,14H2/t19-/m0/s1. The Labute approximate surface area is 151 Å². The maximum absolute atomic E-state index is 13.0. The molecule has 2 aromatic carbocycles. The van der Waals surface area contributed by atoms with E-state index in [4.69, 9.17) is 9.15 Å². The zero-order chi connectivity index (χ0) is 17.9. The lowest BCUT2D eigenvalue weighted by atomic mass is 10.0. The summed E-state index contributed by atoms with van der Waals surface area (Å²) in [6.07, 6.45) is 1.28. The average molecular weight is 349 g/mol. The Kier molecular flexibility index (Phi) is 4.46. The lowest BCUT2D eigenvalue weighted by Crippen LogP contribution is -2.42. The third-order valence-electron chi connectivity index (χ3n) is 4.54. The molecule has 0 unspecified atom stereocenters. The maximum atomic E-state index is 13.0. The highest BCUT2D eigenvalue weighted by atomic mass is 16.5. The molecule has 5 nitrogen and oxygen atoms in total. The molecular weight excluding hydrogens is 330 g/mol. The number of phenols is 1. The Hall–Kier alpha value is -3.05. The van der Waals surface area contributed by atoms with Crippen molar-refractivity contribution in [1.29, 1.82) is 0 Å². The van der Waals surface area contributed by atoms with Gasteiger partial charge in [0.2, 0.25) is 0 Å². The van der Waals surface area contributed by atoms with E-state index in [1.807, 2.05) is 42.5 Å². The predicted octanol–water partition coefficient (Wildman–Crippen LogP) is 3.87. The maximum Gasteiger partial charge on any atom is 0.290 e. The molecule has 132 valence electrons. The van der Waals surface area contributed by atoms with E-state index in [9.17, 15) is 9.90 Å². The van der Waals surface area contributed by atoms with Gasteiger partial charge in [-0.25, -0.2) is 0 Å². The van der Waals surface area contributed by atoms with Gasteiger partial charge >= 0.3 is 0 Å². The van der Waals surface area contributed by atoms with Crippen LogP contribution in [0.3, 0.4) is 0 Å². The van der Waals surface area contributed by atoms with Crippen molar-refractivity contribution < 1.29 is 19.1 Å². The van der Waals surface area contributed by atoms with Crippen LogP contribution in [0.2, 0.25) is 0 Å². The van der Waals surface area contributed by atoms with E-state index in [2.05, 4.69) is 0 Å². The van der Waals surface area contributed by atoms with Crippen molar-refractivity contribution in [3.05, 3.63) is 78.3 Å². The number of carbonyl (C=O) groups is 1. The van der Waals surface area contributed by atoms with E-state index in [1.54, 1.807) is 29.4 Å². The molecule has 5 heteroatoms. The quantitative estimate of drug-likeness (QED) is 0.780. The Bertz CT molecular complexity index is 903. The molecule has 1 saturated heterocycles. The van der Waals surface area contributed by atoms with Gasteiger partial charge in [-0.1, -0.05) is 42.5 Å². The molecule has 0 spiro atoms. The van der Waals surface area contributed by atoms with Crippen LogP contribution in [0, 0.1) is 0 Å². The summed E-state index contributed by atoms with van der Waals surface area (Å²) in [5, 5.41) is 9.68. The first-order valence-electron chi connectivity index (χ1n) is 8.55. The van der Waals surface area contributed by atoms with Crippen molar-refractivity contribution in [1.82, 2.24) is 4.90 Å². The first-order chi connectivity index (χ1) is 12.7. The first kappa shape index (κ1) is 16.4. The van der Waals surface area contributed by atoms with Crippen LogP contribution in [0.5, 0.6) is 5.75 Å². The number of nitrogens with zero attached hydrogens (tertiary/aromatic N) is 1. The molecule has 3 aromatic rings. The summed E-state index contributed by atoms with van der Waals surface area (Å²) in [7, 11) is 0. The highest BCUT2D eigenvalue weighted by molar-refractivity contribution is 5.98. The van der Waals surface area contributed by atoms with Crippen LogP contribution in [0.1, 0.15) is 22.2 Å². The van der Waals surface area contributed by atoms with Crippen molar-refractivity contribution in [2.24, 2.45) is 0 Å². The van der Waals surface area contributed by atoms with Crippen molar-refractivity contribution in [2.45, 2.75) is 6.10 Å². The minimum Gasteiger partial charge on any atom is -0.508 e. The van der Waals surface area contributed by atoms with Gasteiger partial charge in [0.05, 0.1) is 19.4 Å². The fourth-order valence-electron chi connectivity index (χ4n) is 3.22. The summed E-state index contributed by atoms with van der Waals surface area (Å²) >= 11 is 0. The van der Waals surface area contributed by atoms with E-state index in [0.29, 0.717) is 25.5 Å². The molecule has 1 fully saturated rings. The molecular formula is C21H19NO4. The fourth-order valence-corrected chi connectivity index (χ4v) is 3.22. The number of benzene rings is 2. The summed E-state index contributed by atoms with van der Waals surface area (Å²) in [5.74, 6) is 0.377. The third kappa shape index (κ3) is 3.21. The highest BCUT2D eigenvalue weighted by Crippen LogP contribution is 2.29. The van der Waals surface area contributed by atoms with Crippen molar-refractivity contribution in [3.8, 4) is 16.9 Å². The topological polar surface area (TPSA) is 62.9 Å². The number of phenolic OH excluding ortho intramolecular Hbond substituents is 1. The molecule has 1 amide bonds. The predicted molar refractivity (Wildman–Crippen MR) is 96.8 cm³/mol. The van der Waals surface area contributed by atoms with E-state index in [1.165, 1.54) is 0 Å². The smallest absolute Gasteiger partial charge is 0.290 e. The van der Waals surface area contributed by atoms with Crippen LogP contribution in [-0.4, -0.2) is 35.6 Å². The van der Waals surface area contributed by atoms with Crippen LogP contribution in [0.4, 0.5) is 0 Å². The second kappa shape index (κ2) is 7.06. The SMILES string of the molecule is O=C(c1occc1-c1ccccc1)N1CCO[C@H](c2cccc(O)c2)C1. The highest BCUT2D eigenvalue weighted by Gasteiger charge is 2.29. The van der Waals surface area contributed by atoms with Gasteiger partial charge in [0.1, 0.15) is 11.9 Å². The van der Waals surface area contributed by atoms with Crippen molar-refractivity contribution >= 4 is 5.91 Å². The minimum atomic E-state index is -0.269. The number of rotatable bonds is 3. The number of hydrogen-bond acceptors (Lipinski definition) is 4. The van der Waals surface area contributed by atoms with E-state index < -0.39 is 0 Å². The van der Waals surface area contributed by atoms with Crippen molar-refractivity contribution in [3.63, 3.8) is 0 Å². The Morgan fingerprint density at radius 2 is 1.92 bits per heavy atom. The molecule has 2 heterocycles.